The van der Waals surface area contributed by atoms with E-state index >= 15 is 0 Å². The largest absolute Gasteiger partial charge is 0.457 e. The number of hydrogen-bond acceptors (Lipinski definition) is 7. The monoisotopic (exact) mass is 504 g/mol. The molecule has 1 saturated heterocycles. The Morgan fingerprint density at radius 2 is 1.80 bits per heavy atom. The molecule has 2 aliphatic rings. The summed E-state index contributed by atoms with van der Waals surface area (Å²) in [5.41, 5.74) is 0.801. The van der Waals surface area contributed by atoms with Crippen molar-refractivity contribution in [1.82, 2.24) is 10.2 Å². The maximum atomic E-state index is 14.4. The molecule has 10 heteroatoms. The lowest BCUT2D eigenvalue weighted by Gasteiger charge is -2.38. The van der Waals surface area contributed by atoms with E-state index in [4.69, 9.17) is 4.74 Å². The number of hydrogen-bond donors (Lipinski definition) is 2. The van der Waals surface area contributed by atoms with Crippen molar-refractivity contribution in [2.45, 2.75) is 37.2 Å². The van der Waals surface area contributed by atoms with Crippen molar-refractivity contribution in [2.24, 2.45) is 4.40 Å². The second-order valence-electron chi connectivity index (χ2n) is 9.61. The molecule has 2 aromatic rings. The third-order valence-corrected chi connectivity index (χ3v) is 8.42. The van der Waals surface area contributed by atoms with Crippen LogP contribution in [0.5, 0.6) is 0 Å². The lowest BCUT2D eigenvalue weighted by atomic mass is 9.97. The van der Waals surface area contributed by atoms with E-state index in [9.17, 15) is 17.9 Å². The van der Waals surface area contributed by atoms with Gasteiger partial charge in [0.15, 0.2) is 0 Å². The summed E-state index contributed by atoms with van der Waals surface area (Å²) in [7, 11) is -1.91. The Morgan fingerprint density at radius 1 is 1.14 bits per heavy atom. The number of amidine groups is 1. The predicted octanol–water partition coefficient (Wildman–Crippen LogP) is 2.83. The van der Waals surface area contributed by atoms with E-state index < -0.39 is 32.7 Å². The van der Waals surface area contributed by atoms with Gasteiger partial charge in [0.2, 0.25) is 0 Å². The van der Waals surface area contributed by atoms with Gasteiger partial charge < -0.3 is 25.0 Å². The Morgan fingerprint density at radius 3 is 2.40 bits per heavy atom. The van der Waals surface area contributed by atoms with Crippen LogP contribution in [0.1, 0.15) is 42.7 Å². The van der Waals surface area contributed by atoms with E-state index in [1.807, 2.05) is 24.3 Å². The van der Waals surface area contributed by atoms with Crippen LogP contribution in [0.2, 0.25) is 0 Å². The maximum absolute atomic E-state index is 14.4. The number of nitrogens with one attached hydrogen (secondary N) is 1. The van der Waals surface area contributed by atoms with Gasteiger partial charge in [-0.25, -0.2) is 12.8 Å². The molecule has 2 aliphatic heterocycles. The fraction of sp³-hybridized carbons (Fsp3) is 0.480. The van der Waals surface area contributed by atoms with Crippen LogP contribution in [0.3, 0.4) is 0 Å². The van der Waals surface area contributed by atoms with Crippen LogP contribution in [0.15, 0.2) is 52.9 Å². The first-order valence-electron chi connectivity index (χ1n) is 11.8. The van der Waals surface area contributed by atoms with Crippen LogP contribution in [0.4, 0.5) is 10.1 Å². The van der Waals surface area contributed by atoms with E-state index in [0.717, 1.165) is 31.9 Å². The van der Waals surface area contributed by atoms with Crippen LogP contribution < -0.4 is 10.2 Å². The molecule has 0 saturated carbocycles. The van der Waals surface area contributed by atoms with Gasteiger partial charge in [0.1, 0.15) is 16.7 Å². The fourth-order valence-electron chi connectivity index (χ4n) is 4.74. The summed E-state index contributed by atoms with van der Waals surface area (Å²) in [5, 5.41) is 11.4. The minimum Gasteiger partial charge on any atom is -0.457 e. The number of sulfonamides is 1. The minimum atomic E-state index is -4.01. The van der Waals surface area contributed by atoms with Crippen LogP contribution in [-0.4, -0.2) is 69.9 Å². The molecular formula is C25H33FN4O4S. The summed E-state index contributed by atoms with van der Waals surface area (Å²) in [6, 6.07) is 12.8. The molecule has 0 aliphatic carbocycles. The van der Waals surface area contributed by atoms with Crippen molar-refractivity contribution in [2.75, 3.05) is 44.7 Å². The number of ether oxygens (including phenoxy) is 1. The molecule has 2 aromatic carbocycles. The van der Waals surface area contributed by atoms with Crippen molar-refractivity contribution >= 4 is 21.7 Å². The number of benzene rings is 2. The second-order valence-corrected chi connectivity index (χ2v) is 11.3. The zero-order valence-corrected chi connectivity index (χ0v) is 21.1. The van der Waals surface area contributed by atoms with Gasteiger partial charge in [-0.1, -0.05) is 30.3 Å². The van der Waals surface area contributed by atoms with Gasteiger partial charge in [-0.15, -0.1) is 4.40 Å². The molecule has 8 nitrogen and oxygen atoms in total. The van der Waals surface area contributed by atoms with Crippen molar-refractivity contribution in [3.8, 4) is 0 Å². The first kappa shape index (κ1) is 25.4. The highest BCUT2D eigenvalue weighted by Crippen LogP contribution is 2.41. The smallest absolute Gasteiger partial charge is 0.301 e. The summed E-state index contributed by atoms with van der Waals surface area (Å²) in [5.74, 6) is -0.463. The van der Waals surface area contributed by atoms with Gasteiger partial charge in [-0.3, -0.25) is 0 Å². The Kier molecular flexibility index (Phi) is 7.35. The van der Waals surface area contributed by atoms with Crippen molar-refractivity contribution < 1.29 is 22.7 Å². The number of rotatable bonds is 6. The van der Waals surface area contributed by atoms with E-state index in [-0.39, 0.29) is 19.0 Å². The molecule has 2 heterocycles. The zero-order chi connectivity index (χ0) is 25.2. The van der Waals surface area contributed by atoms with Crippen LogP contribution in [0.25, 0.3) is 0 Å². The maximum Gasteiger partial charge on any atom is 0.301 e. The molecule has 0 spiro atoms. The number of nitrogens with zero attached hydrogens (tertiary/aromatic N) is 3. The third kappa shape index (κ3) is 5.60. The summed E-state index contributed by atoms with van der Waals surface area (Å²) in [6.07, 6.45) is 0.154. The molecule has 0 radical (unpaired) electrons. The summed E-state index contributed by atoms with van der Waals surface area (Å²) in [6.45, 7) is 6.97. The molecule has 190 valence electrons. The van der Waals surface area contributed by atoms with E-state index in [1.54, 1.807) is 32.0 Å². The Hall–Kier alpha value is -2.69. The van der Waals surface area contributed by atoms with Crippen molar-refractivity contribution in [3.05, 3.63) is 65.5 Å². The summed E-state index contributed by atoms with van der Waals surface area (Å²) < 4.78 is 50.9. The van der Waals surface area contributed by atoms with Gasteiger partial charge >= 0.3 is 6.02 Å². The van der Waals surface area contributed by atoms with E-state index in [1.165, 1.54) is 6.07 Å². The Bertz CT molecular complexity index is 1160. The average molecular weight is 505 g/mol. The van der Waals surface area contributed by atoms with Gasteiger partial charge in [-0.05, 0) is 51.1 Å². The molecule has 0 bridgehead atoms. The lowest BCUT2D eigenvalue weighted by Crippen LogP contribution is -2.47. The molecule has 0 aromatic heterocycles. The average Bonchev–Trinajstić information content (AvgIpc) is 2.79. The predicted molar refractivity (Wildman–Crippen MR) is 134 cm³/mol. The van der Waals surface area contributed by atoms with Gasteiger partial charge in [-0.2, -0.15) is 0 Å². The number of aliphatic hydroxyl groups is 1. The molecule has 1 unspecified atom stereocenters. The van der Waals surface area contributed by atoms with Crippen LogP contribution >= 0.6 is 0 Å². The van der Waals surface area contributed by atoms with Gasteiger partial charge in [0.05, 0.1) is 6.04 Å². The molecule has 0 amide bonds. The Labute approximate surface area is 206 Å². The van der Waals surface area contributed by atoms with Gasteiger partial charge in [0.25, 0.3) is 10.0 Å². The molecular weight excluding hydrogens is 471 g/mol. The first-order valence-corrected chi connectivity index (χ1v) is 13.3. The number of halogens is 1. The highest BCUT2D eigenvalue weighted by molar-refractivity contribution is 7.90. The van der Waals surface area contributed by atoms with Gasteiger partial charge in [0, 0.05) is 44.0 Å². The molecule has 2 N–H and O–H groups in total. The molecule has 2 atom stereocenters. The highest BCUT2D eigenvalue weighted by Gasteiger charge is 2.47. The number of anilines is 1. The standard InChI is InChI=1S/C25H33FN4O4S/c1-25(2)23(18-8-10-19(11-9-18)30-15-13-29(3)14-16-30)35(32,33)28-24(34-25)27-22(12-17-31)20-6-4-5-7-21(20)26/h4-11,22-23,31H,12-17H2,1-3H3,(H,27,28)/t22-,23?/m0/s1. The fourth-order valence-corrected chi connectivity index (χ4v) is 6.44. The summed E-state index contributed by atoms with van der Waals surface area (Å²) in [4.78, 5) is 4.56. The van der Waals surface area contributed by atoms with Crippen LogP contribution in [-0.2, 0) is 14.8 Å². The van der Waals surface area contributed by atoms with E-state index in [0.29, 0.717) is 11.1 Å². The van der Waals surface area contributed by atoms with Crippen molar-refractivity contribution in [3.63, 3.8) is 0 Å². The summed E-state index contributed by atoms with van der Waals surface area (Å²) >= 11 is 0. The number of piperazine rings is 1. The zero-order valence-electron chi connectivity index (χ0n) is 20.3. The molecule has 35 heavy (non-hydrogen) atoms. The van der Waals surface area contributed by atoms with Crippen molar-refractivity contribution in [1.29, 1.82) is 0 Å². The first-order chi connectivity index (χ1) is 16.6. The Balaban J connectivity index is 1.57. The third-order valence-electron chi connectivity index (χ3n) is 6.56. The molecule has 1 fully saturated rings. The number of aliphatic hydroxyl groups excluding tert-OH is 1. The van der Waals surface area contributed by atoms with E-state index in [2.05, 4.69) is 26.6 Å². The topological polar surface area (TPSA) is 94.5 Å². The minimum absolute atomic E-state index is 0.154. The lowest BCUT2D eigenvalue weighted by molar-refractivity contribution is 0.0759. The second kappa shape index (κ2) is 10.1. The number of likely N-dealkylation sites (N-methyl/N-ethyl adjacent to an activating group) is 1. The quantitative estimate of drug-likeness (QED) is 0.625. The normalized spacial score (nSPS) is 22.7. The SMILES string of the molecule is CN1CCN(c2ccc(C3C(C)(C)OC(N[C@@H](CCO)c4ccccc4F)=NS3(=O)=O)cc2)CC1. The van der Waals surface area contributed by atoms with Crippen LogP contribution in [0, 0.1) is 5.82 Å². The molecule has 4 rings (SSSR count). The highest BCUT2D eigenvalue weighted by atomic mass is 32.2.